The van der Waals surface area contributed by atoms with Crippen LogP contribution >= 0.6 is 11.3 Å². The van der Waals surface area contributed by atoms with Crippen molar-refractivity contribution in [1.82, 2.24) is 4.98 Å². The van der Waals surface area contributed by atoms with Gasteiger partial charge in [-0.15, -0.1) is 0 Å². The van der Waals surface area contributed by atoms with Gasteiger partial charge < -0.3 is 24.4 Å². The van der Waals surface area contributed by atoms with Gasteiger partial charge in [-0.1, -0.05) is 17.4 Å². The minimum absolute atomic E-state index is 0.00428. The van der Waals surface area contributed by atoms with E-state index in [1.165, 1.54) is 22.3 Å². The molecule has 2 atom stereocenters. The molecule has 204 valence electrons. The number of aromatic hydroxyl groups is 1. The predicted molar refractivity (Wildman–Crippen MR) is 150 cm³/mol. The number of ether oxygens (including phenoxy) is 3. The first kappa shape index (κ1) is 25.7. The summed E-state index contributed by atoms with van der Waals surface area (Å²) in [6.07, 6.45) is 0.670. The number of thiazole rings is 1. The number of aliphatic hydroxyl groups is 1. The van der Waals surface area contributed by atoms with Crippen molar-refractivity contribution in [3.8, 4) is 23.0 Å². The number of aliphatic hydroxyl groups excluding tert-OH is 1. The Kier molecular flexibility index (Phi) is 6.34. The first-order valence-corrected chi connectivity index (χ1v) is 13.6. The monoisotopic (exact) mass is 558 g/mol. The number of Topliss-reactive ketones (excluding diaryl/α,β-unsaturated/α-hetero) is 1. The van der Waals surface area contributed by atoms with Crippen molar-refractivity contribution in [3.05, 3.63) is 76.9 Å². The van der Waals surface area contributed by atoms with E-state index in [9.17, 15) is 19.8 Å². The molecule has 1 aromatic heterocycles. The number of nitrogens with zero attached hydrogens (tertiary/aromatic N) is 2. The highest BCUT2D eigenvalue weighted by Gasteiger charge is 2.48. The first-order valence-electron chi connectivity index (χ1n) is 12.8. The zero-order valence-electron chi connectivity index (χ0n) is 22.0. The van der Waals surface area contributed by atoms with Crippen LogP contribution in [0.2, 0.25) is 0 Å². The Morgan fingerprint density at radius 2 is 1.98 bits per heavy atom. The number of ketones is 1. The molecule has 1 saturated heterocycles. The topological polar surface area (TPSA) is 118 Å². The second kappa shape index (κ2) is 9.87. The number of hydrogen-bond acceptors (Lipinski definition) is 9. The van der Waals surface area contributed by atoms with E-state index in [-0.39, 0.29) is 34.1 Å². The van der Waals surface area contributed by atoms with Crippen molar-refractivity contribution < 1.29 is 34.0 Å². The van der Waals surface area contributed by atoms with Gasteiger partial charge in [0.15, 0.2) is 16.6 Å². The molecule has 6 rings (SSSR count). The maximum atomic E-state index is 13.6. The van der Waals surface area contributed by atoms with E-state index in [0.717, 1.165) is 16.0 Å². The van der Waals surface area contributed by atoms with Gasteiger partial charge >= 0.3 is 5.91 Å². The fourth-order valence-corrected chi connectivity index (χ4v) is 6.19. The number of benzene rings is 3. The summed E-state index contributed by atoms with van der Waals surface area (Å²) in [6.45, 7) is 4.04. The Balaban J connectivity index is 1.54. The largest absolute Gasteiger partial charge is 0.507 e. The molecule has 3 aromatic carbocycles. The van der Waals surface area contributed by atoms with Gasteiger partial charge in [0.2, 0.25) is 0 Å². The van der Waals surface area contributed by atoms with Gasteiger partial charge in [-0.2, -0.15) is 0 Å². The summed E-state index contributed by atoms with van der Waals surface area (Å²) in [6, 6.07) is 14.2. The van der Waals surface area contributed by atoms with Crippen molar-refractivity contribution >= 4 is 44.1 Å². The molecule has 2 aliphatic heterocycles. The SMILES string of the molecule is CCOc1cc([C@@H]2C(=C(O)c3ccc4c(c3)C[C@@H](C)O4)C(=O)C(=O)N2c2nc3ccc(OC)cc3s2)ccc1O. The van der Waals surface area contributed by atoms with E-state index in [4.69, 9.17) is 14.2 Å². The van der Waals surface area contributed by atoms with Crippen molar-refractivity contribution in [2.24, 2.45) is 0 Å². The maximum Gasteiger partial charge on any atom is 0.301 e. The van der Waals surface area contributed by atoms with Crippen LogP contribution in [0.5, 0.6) is 23.0 Å². The molecule has 10 heteroatoms. The molecule has 0 bridgehead atoms. The van der Waals surface area contributed by atoms with Gasteiger partial charge in [0.05, 0.1) is 35.5 Å². The molecule has 0 saturated carbocycles. The minimum Gasteiger partial charge on any atom is -0.507 e. The summed E-state index contributed by atoms with van der Waals surface area (Å²) in [5.41, 5.74) is 2.33. The van der Waals surface area contributed by atoms with Crippen LogP contribution in [-0.2, 0) is 16.0 Å². The number of fused-ring (bicyclic) bond motifs is 2. The molecule has 0 spiro atoms. The fourth-order valence-electron chi connectivity index (χ4n) is 5.16. The lowest BCUT2D eigenvalue weighted by Crippen LogP contribution is -2.29. The highest BCUT2D eigenvalue weighted by atomic mass is 32.1. The molecule has 4 aromatic rings. The number of carbonyl (C=O) groups is 2. The number of rotatable bonds is 6. The first-order chi connectivity index (χ1) is 19.3. The molecular weight excluding hydrogens is 532 g/mol. The highest BCUT2D eigenvalue weighted by molar-refractivity contribution is 7.22. The van der Waals surface area contributed by atoms with E-state index in [2.05, 4.69) is 4.98 Å². The fraction of sp³-hybridized carbons (Fsp3) is 0.233. The second-order valence-corrected chi connectivity index (χ2v) is 10.6. The van der Waals surface area contributed by atoms with Crippen LogP contribution in [0.3, 0.4) is 0 Å². The van der Waals surface area contributed by atoms with Gasteiger partial charge in [-0.3, -0.25) is 14.5 Å². The number of anilines is 1. The lowest BCUT2D eigenvalue weighted by molar-refractivity contribution is -0.132. The molecule has 2 aliphatic rings. The summed E-state index contributed by atoms with van der Waals surface area (Å²) in [7, 11) is 1.56. The summed E-state index contributed by atoms with van der Waals surface area (Å²) >= 11 is 1.23. The van der Waals surface area contributed by atoms with Crippen LogP contribution in [0.4, 0.5) is 5.13 Å². The van der Waals surface area contributed by atoms with Crippen LogP contribution in [0.1, 0.15) is 36.6 Å². The van der Waals surface area contributed by atoms with E-state index < -0.39 is 17.7 Å². The van der Waals surface area contributed by atoms with Gasteiger partial charge in [0.1, 0.15) is 23.4 Å². The molecule has 0 radical (unpaired) electrons. The third-order valence-corrected chi connectivity index (χ3v) is 8.02. The van der Waals surface area contributed by atoms with E-state index in [1.807, 2.05) is 13.0 Å². The number of phenolic OH excluding ortho intramolecular Hbond substituents is 1. The molecule has 40 heavy (non-hydrogen) atoms. The Labute approximate surface area is 233 Å². The van der Waals surface area contributed by atoms with Gasteiger partial charge in [-0.25, -0.2) is 4.98 Å². The standard InChI is InChI=1S/C30H26N2O7S/c1-4-38-23-13-16(5-9-21(23)33)26-25(27(34)17-6-10-22-18(12-17)11-15(2)39-22)28(35)29(36)32(26)30-31-20-8-7-19(37-3)14-24(20)40-30/h5-10,12-15,26,33-34H,4,11H2,1-3H3/t15-,26-/m1/s1. The van der Waals surface area contributed by atoms with Crippen molar-refractivity contribution in [3.63, 3.8) is 0 Å². The van der Waals surface area contributed by atoms with E-state index in [0.29, 0.717) is 35.4 Å². The normalized spacial score (nSPS) is 19.6. The minimum atomic E-state index is -1.02. The summed E-state index contributed by atoms with van der Waals surface area (Å²) in [5.74, 6) is -0.480. The smallest absolute Gasteiger partial charge is 0.301 e. The molecule has 0 unspecified atom stereocenters. The maximum absolute atomic E-state index is 13.6. The Morgan fingerprint density at radius 3 is 2.75 bits per heavy atom. The average molecular weight is 559 g/mol. The number of carbonyl (C=O) groups excluding carboxylic acids is 2. The lowest BCUT2D eigenvalue weighted by atomic mass is 9.94. The zero-order chi connectivity index (χ0) is 28.1. The average Bonchev–Trinajstić information content (AvgIpc) is 3.61. The Morgan fingerprint density at radius 1 is 1.15 bits per heavy atom. The van der Waals surface area contributed by atoms with Gasteiger partial charge in [0.25, 0.3) is 5.78 Å². The summed E-state index contributed by atoms with van der Waals surface area (Å²) < 4.78 is 17.5. The second-order valence-electron chi connectivity index (χ2n) is 9.61. The van der Waals surface area contributed by atoms with Gasteiger partial charge in [-0.05, 0) is 73.5 Å². The quantitative estimate of drug-likeness (QED) is 0.185. The van der Waals surface area contributed by atoms with E-state index in [1.54, 1.807) is 56.5 Å². The molecule has 2 N–H and O–H groups in total. The summed E-state index contributed by atoms with van der Waals surface area (Å²) in [4.78, 5) is 33.2. The molecular formula is C30H26N2O7S. The molecule has 0 aliphatic carbocycles. The van der Waals surface area contributed by atoms with Crippen LogP contribution in [-0.4, -0.2) is 46.7 Å². The third-order valence-electron chi connectivity index (χ3n) is 7.00. The van der Waals surface area contributed by atoms with Crippen LogP contribution in [0, 0.1) is 0 Å². The Bertz CT molecular complexity index is 1710. The van der Waals surface area contributed by atoms with Crippen molar-refractivity contribution in [2.45, 2.75) is 32.4 Å². The van der Waals surface area contributed by atoms with Crippen molar-refractivity contribution in [2.75, 3.05) is 18.6 Å². The molecule has 9 nitrogen and oxygen atoms in total. The van der Waals surface area contributed by atoms with Gasteiger partial charge in [0, 0.05) is 12.0 Å². The lowest BCUT2D eigenvalue weighted by Gasteiger charge is -2.23. The summed E-state index contributed by atoms with van der Waals surface area (Å²) in [5, 5.41) is 22.2. The van der Waals surface area contributed by atoms with Crippen LogP contribution < -0.4 is 19.1 Å². The third kappa shape index (κ3) is 4.21. The molecule has 1 amide bonds. The number of amides is 1. The Hall–Kier alpha value is -4.57. The molecule has 1 fully saturated rings. The number of phenols is 1. The van der Waals surface area contributed by atoms with E-state index >= 15 is 0 Å². The molecule has 3 heterocycles. The predicted octanol–water partition coefficient (Wildman–Crippen LogP) is 5.36. The number of methoxy groups -OCH3 is 1. The number of hydrogen-bond donors (Lipinski definition) is 2. The highest BCUT2D eigenvalue weighted by Crippen LogP contribution is 2.46. The van der Waals surface area contributed by atoms with Crippen LogP contribution in [0.25, 0.3) is 16.0 Å². The zero-order valence-corrected chi connectivity index (χ0v) is 22.8. The van der Waals surface area contributed by atoms with Crippen molar-refractivity contribution in [1.29, 1.82) is 0 Å². The number of aromatic nitrogens is 1. The van der Waals surface area contributed by atoms with Crippen LogP contribution in [0.15, 0.2) is 60.2 Å².